The van der Waals surface area contributed by atoms with E-state index in [1.807, 2.05) is 28.2 Å². The lowest BCUT2D eigenvalue weighted by atomic mass is 9.94. The molecule has 0 aromatic carbocycles. The lowest BCUT2D eigenvalue weighted by molar-refractivity contribution is 0.206. The molecule has 0 N–H and O–H groups in total. The molecule has 0 radical (unpaired) electrons. The minimum Gasteiger partial charge on any atom is -0.309 e. The average Bonchev–Trinajstić information content (AvgIpc) is 2.43. The quantitative estimate of drug-likeness (QED) is 0.590. The smallest absolute Gasteiger partial charge is 0.281 e. The standard InChI is InChI=1S/C17H38N4O2S/c1-16-13-17(2)15-21(14-16)24(22,23)20(11-7-9-18(3)4)12-8-10-19(5)6/h16-17H,7-15H2,1-6H3. The zero-order valence-corrected chi connectivity index (χ0v) is 17.3. The van der Waals surface area contributed by atoms with Crippen molar-refractivity contribution in [3.63, 3.8) is 0 Å². The Morgan fingerprint density at radius 3 is 1.62 bits per heavy atom. The zero-order valence-electron chi connectivity index (χ0n) is 16.5. The van der Waals surface area contributed by atoms with E-state index in [-0.39, 0.29) is 0 Å². The summed E-state index contributed by atoms with van der Waals surface area (Å²) in [6.45, 7) is 8.65. The first-order chi connectivity index (χ1) is 11.1. The van der Waals surface area contributed by atoms with Gasteiger partial charge in [0.05, 0.1) is 0 Å². The molecule has 0 spiro atoms. The lowest BCUT2D eigenvalue weighted by Gasteiger charge is -2.37. The Morgan fingerprint density at radius 2 is 1.25 bits per heavy atom. The minimum absolute atomic E-state index is 0.439. The van der Waals surface area contributed by atoms with Crippen LogP contribution in [0.4, 0.5) is 0 Å². The summed E-state index contributed by atoms with van der Waals surface area (Å²) in [6, 6.07) is 0. The molecule has 0 amide bonds. The van der Waals surface area contributed by atoms with Gasteiger partial charge in [0.2, 0.25) is 0 Å². The number of hydrogen-bond acceptors (Lipinski definition) is 4. The molecule has 0 aliphatic carbocycles. The molecule has 2 unspecified atom stereocenters. The molecule has 1 fully saturated rings. The van der Waals surface area contributed by atoms with E-state index >= 15 is 0 Å². The summed E-state index contributed by atoms with van der Waals surface area (Å²) in [5.41, 5.74) is 0. The topological polar surface area (TPSA) is 47.1 Å². The van der Waals surface area contributed by atoms with E-state index in [4.69, 9.17) is 0 Å². The highest BCUT2D eigenvalue weighted by atomic mass is 32.2. The average molecular weight is 363 g/mol. The monoisotopic (exact) mass is 362 g/mol. The summed E-state index contributed by atoms with van der Waals surface area (Å²) in [7, 11) is 4.75. The van der Waals surface area contributed by atoms with Crippen LogP contribution in [0.1, 0.15) is 33.1 Å². The van der Waals surface area contributed by atoms with Crippen molar-refractivity contribution in [2.75, 3.05) is 67.5 Å². The van der Waals surface area contributed by atoms with Gasteiger partial charge in [-0.25, -0.2) is 0 Å². The van der Waals surface area contributed by atoms with E-state index in [1.165, 1.54) is 0 Å². The first-order valence-electron chi connectivity index (χ1n) is 9.17. The van der Waals surface area contributed by atoms with E-state index in [0.29, 0.717) is 38.0 Å². The van der Waals surface area contributed by atoms with Crippen LogP contribution in [0.2, 0.25) is 0 Å². The maximum absolute atomic E-state index is 13.2. The summed E-state index contributed by atoms with van der Waals surface area (Å²) in [4.78, 5) is 4.21. The number of rotatable bonds is 10. The molecule has 1 aliphatic heterocycles. The molecular weight excluding hydrogens is 324 g/mol. The van der Waals surface area contributed by atoms with Crippen LogP contribution < -0.4 is 0 Å². The molecule has 0 aromatic heterocycles. The minimum atomic E-state index is -3.36. The van der Waals surface area contributed by atoms with Gasteiger partial charge in [0.25, 0.3) is 10.2 Å². The van der Waals surface area contributed by atoms with Gasteiger partial charge in [-0.2, -0.15) is 17.0 Å². The SMILES string of the molecule is CC1CC(C)CN(S(=O)(=O)N(CCCN(C)C)CCCN(C)C)C1. The van der Waals surface area contributed by atoms with Crippen molar-refractivity contribution in [1.82, 2.24) is 18.4 Å². The highest BCUT2D eigenvalue weighted by Gasteiger charge is 2.34. The normalized spacial score (nSPS) is 23.5. The second-order valence-corrected chi connectivity index (χ2v) is 9.91. The number of hydrogen-bond donors (Lipinski definition) is 0. The predicted molar refractivity (Wildman–Crippen MR) is 101 cm³/mol. The first kappa shape index (κ1) is 21.8. The second-order valence-electron chi connectivity index (χ2n) is 7.98. The Morgan fingerprint density at radius 1 is 0.833 bits per heavy atom. The third kappa shape index (κ3) is 7.35. The van der Waals surface area contributed by atoms with Crippen LogP contribution in [0.25, 0.3) is 0 Å². The van der Waals surface area contributed by atoms with Crippen molar-refractivity contribution in [3.8, 4) is 0 Å². The van der Waals surface area contributed by atoms with E-state index in [1.54, 1.807) is 8.61 Å². The molecule has 1 aliphatic rings. The third-order valence-electron chi connectivity index (χ3n) is 4.51. The molecular formula is C17H38N4O2S. The number of piperidine rings is 1. The first-order valence-corrected chi connectivity index (χ1v) is 10.6. The molecule has 24 heavy (non-hydrogen) atoms. The predicted octanol–water partition coefficient (Wildman–Crippen LogP) is 1.41. The van der Waals surface area contributed by atoms with Crippen LogP contribution in [0.15, 0.2) is 0 Å². The van der Waals surface area contributed by atoms with Gasteiger partial charge < -0.3 is 9.80 Å². The van der Waals surface area contributed by atoms with Crippen LogP contribution in [0, 0.1) is 11.8 Å². The van der Waals surface area contributed by atoms with E-state index in [2.05, 4.69) is 23.6 Å². The van der Waals surface area contributed by atoms with Crippen LogP contribution in [0.3, 0.4) is 0 Å². The Hall–Kier alpha value is -0.210. The van der Waals surface area contributed by atoms with Crippen molar-refractivity contribution in [2.45, 2.75) is 33.1 Å². The van der Waals surface area contributed by atoms with Gasteiger partial charge in [0.1, 0.15) is 0 Å². The van der Waals surface area contributed by atoms with Gasteiger partial charge in [-0.1, -0.05) is 13.8 Å². The zero-order chi connectivity index (χ0) is 18.3. The Kier molecular flexibility index (Phi) is 9.16. The largest absolute Gasteiger partial charge is 0.309 e. The van der Waals surface area contributed by atoms with Crippen LogP contribution in [-0.4, -0.2) is 94.3 Å². The van der Waals surface area contributed by atoms with Crippen molar-refractivity contribution in [3.05, 3.63) is 0 Å². The lowest BCUT2D eigenvalue weighted by Crippen LogP contribution is -2.50. The molecule has 1 heterocycles. The summed E-state index contributed by atoms with van der Waals surface area (Å²) in [5.74, 6) is 0.878. The third-order valence-corrected chi connectivity index (χ3v) is 6.48. The molecule has 0 aromatic rings. The molecule has 0 saturated carbocycles. The van der Waals surface area contributed by atoms with E-state index < -0.39 is 10.2 Å². The highest BCUT2D eigenvalue weighted by molar-refractivity contribution is 7.86. The fourth-order valence-corrected chi connectivity index (χ4v) is 5.36. The van der Waals surface area contributed by atoms with E-state index in [9.17, 15) is 8.42 Å². The molecule has 1 saturated heterocycles. The van der Waals surface area contributed by atoms with Crippen LogP contribution in [0.5, 0.6) is 0 Å². The maximum atomic E-state index is 13.2. The maximum Gasteiger partial charge on any atom is 0.281 e. The summed E-state index contributed by atoms with van der Waals surface area (Å²) < 4.78 is 29.7. The van der Waals surface area contributed by atoms with Gasteiger partial charge in [-0.05, 0) is 72.4 Å². The second kappa shape index (κ2) is 10.1. The van der Waals surface area contributed by atoms with Crippen molar-refractivity contribution in [1.29, 1.82) is 0 Å². The summed E-state index contributed by atoms with van der Waals surface area (Å²) in [5, 5.41) is 0. The Labute approximate surface area is 150 Å². The van der Waals surface area contributed by atoms with Gasteiger partial charge in [0, 0.05) is 26.2 Å². The van der Waals surface area contributed by atoms with Crippen LogP contribution in [-0.2, 0) is 10.2 Å². The Bertz CT molecular complexity index is 430. The fourth-order valence-electron chi connectivity index (χ4n) is 3.43. The molecule has 1 rings (SSSR count). The summed E-state index contributed by atoms with van der Waals surface area (Å²) in [6.07, 6.45) is 2.85. The molecule has 6 nitrogen and oxygen atoms in total. The van der Waals surface area contributed by atoms with Gasteiger partial charge in [0.15, 0.2) is 0 Å². The molecule has 0 bridgehead atoms. The molecule has 2 atom stereocenters. The van der Waals surface area contributed by atoms with Crippen LogP contribution >= 0.6 is 0 Å². The Balaban J connectivity index is 2.76. The van der Waals surface area contributed by atoms with Crippen molar-refractivity contribution >= 4 is 10.2 Å². The highest BCUT2D eigenvalue weighted by Crippen LogP contribution is 2.25. The number of nitrogens with zero attached hydrogens (tertiary/aromatic N) is 4. The summed E-state index contributed by atoms with van der Waals surface area (Å²) >= 11 is 0. The van der Waals surface area contributed by atoms with Gasteiger partial charge in [-0.15, -0.1) is 0 Å². The van der Waals surface area contributed by atoms with Crippen molar-refractivity contribution < 1.29 is 8.42 Å². The van der Waals surface area contributed by atoms with E-state index in [0.717, 1.165) is 32.4 Å². The van der Waals surface area contributed by atoms with Gasteiger partial charge >= 0.3 is 0 Å². The molecule has 144 valence electrons. The van der Waals surface area contributed by atoms with Crippen molar-refractivity contribution in [2.24, 2.45) is 11.8 Å². The van der Waals surface area contributed by atoms with Gasteiger partial charge in [-0.3, -0.25) is 0 Å². The molecule has 7 heteroatoms. The fraction of sp³-hybridized carbons (Fsp3) is 1.00.